The van der Waals surface area contributed by atoms with Crippen LogP contribution in [-0.4, -0.2) is 38.5 Å². The lowest BCUT2D eigenvalue weighted by atomic mass is 10.2. The SMILES string of the molecule is C=C(C)C.C=CCC.CC(C)N(C(=O)N(C(=O)c1nccn1C)c1ccccc1)C(C)C. The Morgan fingerprint density at radius 2 is 1.56 bits per heavy atom. The van der Waals surface area contributed by atoms with Gasteiger partial charge in [0.15, 0.2) is 5.82 Å². The highest BCUT2D eigenvalue weighted by molar-refractivity contribution is 6.19. The van der Waals surface area contributed by atoms with Gasteiger partial charge in [-0.2, -0.15) is 0 Å². The fraction of sp³-hybridized carbons (Fsp3) is 0.423. The van der Waals surface area contributed by atoms with E-state index in [2.05, 4.69) is 25.1 Å². The van der Waals surface area contributed by atoms with Crippen molar-refractivity contribution < 1.29 is 9.59 Å². The first-order valence-corrected chi connectivity index (χ1v) is 10.9. The van der Waals surface area contributed by atoms with E-state index in [0.717, 1.165) is 6.42 Å². The number of imide groups is 1. The zero-order valence-corrected chi connectivity index (χ0v) is 21.0. The normalized spacial score (nSPS) is 9.81. The number of imidazole rings is 1. The predicted octanol–water partition coefficient (Wildman–Crippen LogP) is 6.47. The number of aromatic nitrogens is 2. The molecule has 0 aliphatic heterocycles. The van der Waals surface area contributed by atoms with Gasteiger partial charge in [-0.05, 0) is 60.1 Å². The molecule has 3 amide bonds. The zero-order valence-electron chi connectivity index (χ0n) is 21.0. The van der Waals surface area contributed by atoms with E-state index in [1.54, 1.807) is 53.2 Å². The van der Waals surface area contributed by atoms with Crippen LogP contribution in [0.4, 0.5) is 10.5 Å². The second kappa shape index (κ2) is 14.8. The zero-order chi connectivity index (χ0) is 24.8. The van der Waals surface area contributed by atoms with Gasteiger partial charge < -0.3 is 9.47 Å². The molecule has 0 N–H and O–H groups in total. The average Bonchev–Trinajstić information content (AvgIpc) is 3.14. The van der Waals surface area contributed by atoms with Gasteiger partial charge >= 0.3 is 11.9 Å². The molecule has 6 heteroatoms. The number of urea groups is 1. The molecule has 0 spiro atoms. The highest BCUT2D eigenvalue weighted by Gasteiger charge is 2.33. The highest BCUT2D eigenvalue weighted by atomic mass is 16.2. The van der Waals surface area contributed by atoms with Crippen LogP contribution in [0.3, 0.4) is 0 Å². The molecule has 0 aliphatic rings. The van der Waals surface area contributed by atoms with E-state index in [1.807, 2.05) is 53.7 Å². The fourth-order valence-electron chi connectivity index (χ4n) is 2.72. The summed E-state index contributed by atoms with van der Waals surface area (Å²) in [7, 11) is 1.73. The Bertz CT molecular complexity index is 842. The molecule has 6 nitrogen and oxygen atoms in total. The number of hydrogen-bond acceptors (Lipinski definition) is 3. The molecular formula is C26H40N4O2. The summed E-state index contributed by atoms with van der Waals surface area (Å²) < 4.78 is 1.61. The molecule has 0 unspecified atom stereocenters. The summed E-state index contributed by atoms with van der Waals surface area (Å²) >= 11 is 0. The number of hydrogen-bond donors (Lipinski definition) is 0. The van der Waals surface area contributed by atoms with E-state index in [4.69, 9.17) is 0 Å². The Morgan fingerprint density at radius 1 is 1.09 bits per heavy atom. The molecular weight excluding hydrogens is 400 g/mol. The van der Waals surface area contributed by atoms with Gasteiger partial charge in [0.1, 0.15) is 0 Å². The van der Waals surface area contributed by atoms with Gasteiger partial charge in [0.2, 0.25) is 0 Å². The van der Waals surface area contributed by atoms with E-state index in [9.17, 15) is 9.59 Å². The van der Waals surface area contributed by atoms with E-state index in [0.29, 0.717) is 5.69 Å². The summed E-state index contributed by atoms with van der Waals surface area (Å²) in [5, 5.41) is 0. The van der Waals surface area contributed by atoms with Crippen molar-refractivity contribution in [2.75, 3.05) is 4.90 Å². The molecule has 32 heavy (non-hydrogen) atoms. The largest absolute Gasteiger partial charge is 0.332 e. The number of para-hydroxylation sites is 1. The van der Waals surface area contributed by atoms with Gasteiger partial charge in [-0.25, -0.2) is 14.7 Å². The van der Waals surface area contributed by atoms with E-state index in [-0.39, 0.29) is 23.9 Å². The van der Waals surface area contributed by atoms with Gasteiger partial charge in [0, 0.05) is 31.5 Å². The Morgan fingerprint density at radius 3 is 1.91 bits per heavy atom. The molecule has 176 valence electrons. The number of allylic oxidation sites excluding steroid dienone is 2. The fourth-order valence-corrected chi connectivity index (χ4v) is 2.72. The first-order valence-electron chi connectivity index (χ1n) is 10.9. The van der Waals surface area contributed by atoms with Crippen LogP contribution in [0.15, 0.2) is 67.5 Å². The van der Waals surface area contributed by atoms with E-state index in [1.165, 1.54) is 10.5 Å². The van der Waals surface area contributed by atoms with Gasteiger partial charge in [-0.1, -0.05) is 36.8 Å². The maximum absolute atomic E-state index is 13.2. The van der Waals surface area contributed by atoms with Crippen molar-refractivity contribution >= 4 is 17.6 Å². The average molecular weight is 441 g/mol. The molecule has 0 radical (unpaired) electrons. The second-order valence-electron chi connectivity index (χ2n) is 8.12. The van der Waals surface area contributed by atoms with Crippen LogP contribution >= 0.6 is 0 Å². The number of carbonyl (C=O) groups is 2. The molecule has 1 aromatic heterocycles. The molecule has 1 aromatic carbocycles. The number of aryl methyl sites for hydroxylation is 1. The van der Waals surface area contributed by atoms with Crippen LogP contribution in [0, 0.1) is 0 Å². The van der Waals surface area contributed by atoms with Crippen molar-refractivity contribution in [3.05, 3.63) is 73.4 Å². The van der Waals surface area contributed by atoms with Crippen molar-refractivity contribution in [1.29, 1.82) is 0 Å². The van der Waals surface area contributed by atoms with Gasteiger partial charge in [0.05, 0.1) is 5.69 Å². The molecule has 0 atom stereocenters. The van der Waals surface area contributed by atoms with Crippen molar-refractivity contribution in [2.24, 2.45) is 7.05 Å². The van der Waals surface area contributed by atoms with Crippen LogP contribution in [0.1, 0.15) is 65.5 Å². The summed E-state index contributed by atoms with van der Waals surface area (Å²) in [6, 6.07) is 8.54. The number of amides is 3. The summed E-state index contributed by atoms with van der Waals surface area (Å²) in [6.07, 6.45) is 6.19. The number of nitrogens with zero attached hydrogens (tertiary/aromatic N) is 4. The predicted molar refractivity (Wildman–Crippen MR) is 135 cm³/mol. The topological polar surface area (TPSA) is 58.4 Å². The smallest absolute Gasteiger partial charge is 0.330 e. The lowest BCUT2D eigenvalue weighted by molar-refractivity contribution is 0.0965. The van der Waals surface area contributed by atoms with Crippen molar-refractivity contribution in [3.63, 3.8) is 0 Å². The maximum atomic E-state index is 13.2. The minimum absolute atomic E-state index is 0.0297. The number of carbonyl (C=O) groups excluding carboxylic acids is 2. The third-order valence-electron chi connectivity index (χ3n) is 4.04. The van der Waals surface area contributed by atoms with Crippen LogP contribution in [0.5, 0.6) is 0 Å². The van der Waals surface area contributed by atoms with Crippen molar-refractivity contribution in [2.45, 2.75) is 67.0 Å². The Balaban J connectivity index is 0.00000104. The third-order valence-corrected chi connectivity index (χ3v) is 4.04. The molecule has 0 fully saturated rings. The van der Waals surface area contributed by atoms with Gasteiger partial charge in [-0.3, -0.25) is 4.79 Å². The summed E-state index contributed by atoms with van der Waals surface area (Å²) in [4.78, 5) is 33.2. The first kappa shape index (κ1) is 28.9. The molecule has 0 saturated carbocycles. The van der Waals surface area contributed by atoms with Crippen LogP contribution in [0.2, 0.25) is 0 Å². The van der Waals surface area contributed by atoms with Crippen LogP contribution in [-0.2, 0) is 7.05 Å². The number of benzene rings is 1. The Kier molecular flexibility index (Phi) is 13.3. The lowest BCUT2D eigenvalue weighted by Gasteiger charge is -2.35. The van der Waals surface area contributed by atoms with Crippen molar-refractivity contribution in [1.82, 2.24) is 14.5 Å². The van der Waals surface area contributed by atoms with Crippen LogP contribution < -0.4 is 4.90 Å². The van der Waals surface area contributed by atoms with Crippen LogP contribution in [0.25, 0.3) is 0 Å². The molecule has 1 heterocycles. The number of rotatable bonds is 5. The van der Waals surface area contributed by atoms with Gasteiger partial charge in [0.25, 0.3) is 0 Å². The number of anilines is 1. The minimum atomic E-state index is -0.440. The molecule has 0 bridgehead atoms. The monoisotopic (exact) mass is 440 g/mol. The van der Waals surface area contributed by atoms with Crippen molar-refractivity contribution in [3.8, 4) is 0 Å². The third kappa shape index (κ3) is 9.33. The Labute approximate surface area is 194 Å². The quantitative estimate of drug-likeness (QED) is 0.501. The molecule has 2 aromatic rings. The van der Waals surface area contributed by atoms with E-state index < -0.39 is 5.91 Å². The minimum Gasteiger partial charge on any atom is -0.330 e. The molecule has 2 rings (SSSR count). The summed E-state index contributed by atoms with van der Waals surface area (Å²) in [6.45, 7) is 20.8. The highest BCUT2D eigenvalue weighted by Crippen LogP contribution is 2.20. The molecule has 0 saturated heterocycles. The second-order valence-corrected chi connectivity index (χ2v) is 8.12. The van der Waals surface area contributed by atoms with Gasteiger partial charge in [-0.15, -0.1) is 13.2 Å². The maximum Gasteiger partial charge on any atom is 0.332 e. The first-order chi connectivity index (χ1) is 15.0. The molecule has 0 aliphatic carbocycles. The lowest BCUT2D eigenvalue weighted by Crippen LogP contribution is -2.52. The standard InChI is InChI=1S/C18H24N4O2.2C4H8/c1-13(2)21(14(3)4)18(24)22(15-9-7-6-8-10-15)17(23)16-19-11-12-20(16)5;1-4(2)3;1-3-4-2/h6-14H,1-5H3;1H2,2-3H3;3H,1,4H2,2H3. The summed E-state index contributed by atoms with van der Waals surface area (Å²) in [5.41, 5.74) is 1.70. The van der Waals surface area contributed by atoms with E-state index >= 15 is 0 Å². The summed E-state index contributed by atoms with van der Waals surface area (Å²) in [5.74, 6) is -0.218. The Hall–Kier alpha value is -3.15.